The highest BCUT2D eigenvalue weighted by Gasteiger charge is 2.50. The van der Waals surface area contributed by atoms with Crippen molar-refractivity contribution in [2.24, 2.45) is 0 Å². The molecule has 0 bridgehead atoms. The molecule has 1 aliphatic heterocycles. The number of imide groups is 1. The van der Waals surface area contributed by atoms with Crippen molar-refractivity contribution in [3.05, 3.63) is 81.8 Å². The summed E-state index contributed by atoms with van der Waals surface area (Å²) < 4.78 is 2.90. The number of hydrogen-bond donors (Lipinski definition) is 1. The van der Waals surface area contributed by atoms with Crippen LogP contribution in [0.4, 0.5) is 4.79 Å². The molecule has 2 aromatic heterocycles. The number of halogens is 1. The Morgan fingerprint density at radius 2 is 1.90 bits per heavy atom. The van der Waals surface area contributed by atoms with E-state index in [0.29, 0.717) is 11.3 Å². The Bertz CT molecular complexity index is 1200. The normalized spacial score (nSPS) is 18.4. The van der Waals surface area contributed by atoms with E-state index in [1.165, 1.54) is 0 Å². The smallest absolute Gasteiger partial charge is 0.318 e. The summed E-state index contributed by atoms with van der Waals surface area (Å²) >= 11 is 3.47. The second-order valence-corrected chi connectivity index (χ2v) is 8.60. The summed E-state index contributed by atoms with van der Waals surface area (Å²) in [7, 11) is 0. The quantitative estimate of drug-likeness (QED) is 0.443. The minimum absolute atomic E-state index is 0.303. The molecule has 1 fully saturated rings. The number of rotatable bonds is 5. The monoisotopic (exact) mass is 480 g/mol. The van der Waals surface area contributed by atoms with Gasteiger partial charge in [0.1, 0.15) is 0 Å². The number of ketones is 1. The van der Waals surface area contributed by atoms with Crippen molar-refractivity contribution in [2.75, 3.05) is 6.54 Å². The van der Waals surface area contributed by atoms with Crippen LogP contribution in [0.3, 0.4) is 0 Å². The molecule has 1 saturated heterocycles. The molecular weight excluding hydrogens is 460 g/mol. The number of pyridine rings is 1. The first-order valence-electron chi connectivity index (χ1n) is 9.76. The molecule has 0 aliphatic carbocycles. The lowest BCUT2D eigenvalue weighted by molar-refractivity contribution is -0.130. The maximum atomic E-state index is 13.1. The van der Waals surface area contributed by atoms with Gasteiger partial charge in [-0.1, -0.05) is 28.1 Å². The van der Waals surface area contributed by atoms with E-state index in [2.05, 4.69) is 26.2 Å². The third-order valence-corrected chi connectivity index (χ3v) is 6.05. The Hall–Kier alpha value is -3.26. The Balaban J connectivity index is 1.61. The van der Waals surface area contributed by atoms with Gasteiger partial charge in [-0.2, -0.15) is 0 Å². The van der Waals surface area contributed by atoms with E-state index in [1.54, 1.807) is 37.4 Å². The highest BCUT2D eigenvalue weighted by molar-refractivity contribution is 9.10. The first kappa shape index (κ1) is 21.0. The van der Waals surface area contributed by atoms with Crippen molar-refractivity contribution in [3.8, 4) is 5.69 Å². The highest BCUT2D eigenvalue weighted by atomic mass is 79.9. The summed E-state index contributed by atoms with van der Waals surface area (Å²) in [4.78, 5) is 43.9. The molecule has 1 atom stereocenters. The fraction of sp³-hybridized carbons (Fsp3) is 0.217. The molecule has 1 aromatic carbocycles. The van der Waals surface area contributed by atoms with Crippen LogP contribution >= 0.6 is 15.9 Å². The zero-order valence-electron chi connectivity index (χ0n) is 17.3. The molecule has 7 nitrogen and oxygen atoms in total. The lowest BCUT2D eigenvalue weighted by Crippen LogP contribution is -2.42. The van der Waals surface area contributed by atoms with Crippen LogP contribution in [0.15, 0.2) is 59.2 Å². The van der Waals surface area contributed by atoms with Crippen LogP contribution in [0.2, 0.25) is 0 Å². The number of urea groups is 1. The van der Waals surface area contributed by atoms with E-state index >= 15 is 0 Å². The van der Waals surface area contributed by atoms with E-state index in [9.17, 15) is 14.4 Å². The minimum Gasteiger partial charge on any atom is -0.318 e. The first-order valence-corrected chi connectivity index (χ1v) is 10.6. The lowest BCUT2D eigenvalue weighted by Gasteiger charge is -2.20. The number of amides is 3. The van der Waals surface area contributed by atoms with E-state index in [1.807, 2.05) is 42.7 Å². The molecule has 3 amide bonds. The largest absolute Gasteiger partial charge is 0.325 e. The van der Waals surface area contributed by atoms with Crippen LogP contribution in [-0.2, 0) is 10.3 Å². The number of Topliss-reactive ketones (excluding diaryl/α,β-unsaturated/α-hetero) is 1. The SMILES string of the molecule is Cc1cc(C(=O)CN2C(=O)NC(C)(c3ccccn3)C2=O)c(C)n1-c1cccc(Br)c1. The zero-order valence-corrected chi connectivity index (χ0v) is 18.9. The maximum absolute atomic E-state index is 13.1. The van der Waals surface area contributed by atoms with E-state index in [4.69, 9.17) is 0 Å². The van der Waals surface area contributed by atoms with Crippen molar-refractivity contribution in [2.45, 2.75) is 26.3 Å². The van der Waals surface area contributed by atoms with Crippen molar-refractivity contribution in [1.29, 1.82) is 0 Å². The van der Waals surface area contributed by atoms with E-state index in [-0.39, 0.29) is 12.3 Å². The second kappa shape index (κ2) is 7.77. The van der Waals surface area contributed by atoms with Gasteiger partial charge >= 0.3 is 6.03 Å². The van der Waals surface area contributed by atoms with Crippen molar-refractivity contribution < 1.29 is 14.4 Å². The van der Waals surface area contributed by atoms with Crippen LogP contribution < -0.4 is 5.32 Å². The van der Waals surface area contributed by atoms with Crippen molar-refractivity contribution in [1.82, 2.24) is 19.8 Å². The molecule has 1 aliphatic rings. The third-order valence-electron chi connectivity index (χ3n) is 5.55. The van der Waals surface area contributed by atoms with Crippen LogP contribution in [0, 0.1) is 13.8 Å². The van der Waals surface area contributed by atoms with Gasteiger partial charge in [-0.15, -0.1) is 0 Å². The predicted molar refractivity (Wildman–Crippen MR) is 119 cm³/mol. The number of benzene rings is 1. The molecule has 8 heteroatoms. The summed E-state index contributed by atoms with van der Waals surface area (Å²) in [5, 5.41) is 2.68. The summed E-state index contributed by atoms with van der Waals surface area (Å²) in [6.07, 6.45) is 1.56. The van der Waals surface area contributed by atoms with E-state index in [0.717, 1.165) is 26.4 Å². The molecule has 0 saturated carbocycles. The van der Waals surface area contributed by atoms with Crippen LogP contribution in [0.25, 0.3) is 5.69 Å². The number of nitrogens with zero attached hydrogens (tertiary/aromatic N) is 3. The number of aryl methyl sites for hydroxylation is 1. The Labute approximate surface area is 188 Å². The molecule has 158 valence electrons. The summed E-state index contributed by atoms with van der Waals surface area (Å²) in [6.45, 7) is 5.02. The van der Waals surface area contributed by atoms with Gasteiger partial charge in [-0.3, -0.25) is 19.5 Å². The Morgan fingerprint density at radius 1 is 1.13 bits per heavy atom. The molecule has 3 aromatic rings. The van der Waals surface area contributed by atoms with Gasteiger partial charge in [0, 0.05) is 33.3 Å². The lowest BCUT2D eigenvalue weighted by atomic mass is 9.97. The van der Waals surface area contributed by atoms with Gasteiger partial charge in [-0.05, 0) is 57.2 Å². The number of hydrogen-bond acceptors (Lipinski definition) is 4. The first-order chi connectivity index (χ1) is 14.7. The standard InChI is InChI=1S/C23H21BrN4O3/c1-14-11-18(15(2)28(14)17-8-6-7-16(24)12-17)19(29)13-27-21(30)23(3,26-22(27)31)20-9-4-5-10-25-20/h4-12H,13H2,1-3H3,(H,26,31). The molecule has 31 heavy (non-hydrogen) atoms. The van der Waals surface area contributed by atoms with Gasteiger partial charge in [0.15, 0.2) is 11.3 Å². The average molecular weight is 481 g/mol. The molecule has 4 rings (SSSR count). The van der Waals surface area contributed by atoms with Crippen LogP contribution in [-0.4, -0.2) is 38.7 Å². The van der Waals surface area contributed by atoms with Gasteiger partial charge in [-0.25, -0.2) is 4.79 Å². The van der Waals surface area contributed by atoms with E-state index < -0.39 is 17.5 Å². The fourth-order valence-corrected chi connectivity index (χ4v) is 4.35. The zero-order chi connectivity index (χ0) is 22.3. The molecule has 3 heterocycles. The highest BCUT2D eigenvalue weighted by Crippen LogP contribution is 2.28. The molecular formula is C23H21BrN4O3. The average Bonchev–Trinajstić information content (AvgIpc) is 3.16. The Kier molecular flexibility index (Phi) is 5.26. The van der Waals surface area contributed by atoms with Gasteiger partial charge in [0.2, 0.25) is 0 Å². The minimum atomic E-state index is -1.30. The molecule has 1 unspecified atom stereocenters. The van der Waals surface area contributed by atoms with Gasteiger partial charge in [0.05, 0.1) is 12.2 Å². The fourth-order valence-electron chi connectivity index (χ4n) is 3.96. The molecule has 0 spiro atoms. The molecule has 1 N–H and O–H groups in total. The summed E-state index contributed by atoms with van der Waals surface area (Å²) in [5.41, 5.74) is 2.16. The number of carbonyl (C=O) groups is 3. The van der Waals surface area contributed by atoms with Gasteiger partial charge < -0.3 is 9.88 Å². The van der Waals surface area contributed by atoms with Crippen molar-refractivity contribution in [3.63, 3.8) is 0 Å². The van der Waals surface area contributed by atoms with Crippen molar-refractivity contribution >= 4 is 33.7 Å². The molecule has 0 radical (unpaired) electrons. The predicted octanol–water partition coefficient (Wildman–Crippen LogP) is 3.90. The summed E-state index contributed by atoms with van der Waals surface area (Å²) in [5.74, 6) is -0.798. The van der Waals surface area contributed by atoms with Crippen LogP contribution in [0.5, 0.6) is 0 Å². The Morgan fingerprint density at radius 3 is 2.58 bits per heavy atom. The number of nitrogens with one attached hydrogen (secondary N) is 1. The van der Waals surface area contributed by atoms with Gasteiger partial charge in [0.25, 0.3) is 5.91 Å². The third kappa shape index (κ3) is 3.57. The summed E-state index contributed by atoms with van der Waals surface area (Å²) in [6, 6.07) is 14.1. The van der Waals surface area contributed by atoms with Crippen LogP contribution in [0.1, 0.15) is 34.4 Å². The number of carbonyl (C=O) groups excluding carboxylic acids is 3. The number of aromatic nitrogens is 2. The maximum Gasteiger partial charge on any atom is 0.325 e. The topological polar surface area (TPSA) is 84.3 Å². The second-order valence-electron chi connectivity index (χ2n) is 7.68.